The molecule has 8 nitrogen and oxygen atoms in total. The summed E-state index contributed by atoms with van der Waals surface area (Å²) in [6, 6.07) is 11.1. The summed E-state index contributed by atoms with van der Waals surface area (Å²) in [5.74, 6) is -3.31. The lowest BCUT2D eigenvalue weighted by Gasteiger charge is -2.14. The summed E-state index contributed by atoms with van der Waals surface area (Å²) in [6.07, 6.45) is 1.10. The van der Waals surface area contributed by atoms with E-state index in [1.54, 1.807) is 24.3 Å². The molecule has 0 spiro atoms. The fraction of sp³-hybridized carbons (Fsp3) is 0.130. The van der Waals surface area contributed by atoms with Gasteiger partial charge in [0.2, 0.25) is 11.6 Å². The van der Waals surface area contributed by atoms with Crippen LogP contribution in [-0.2, 0) is 26.0 Å². The van der Waals surface area contributed by atoms with Gasteiger partial charge < -0.3 is 15.2 Å². The number of hydrogen-bond acceptors (Lipinski definition) is 6. The second-order valence-electron chi connectivity index (χ2n) is 7.46. The highest BCUT2D eigenvalue weighted by atomic mass is 32.2. The molecule has 0 bridgehead atoms. The minimum atomic E-state index is -3.87. The third-order valence-corrected chi connectivity index (χ3v) is 6.66. The Morgan fingerprint density at radius 3 is 2.38 bits per heavy atom. The number of sulfonamides is 1. The third kappa shape index (κ3) is 3.56. The number of aliphatic hydroxyl groups excluding tert-OH is 2. The lowest BCUT2D eigenvalue weighted by Crippen LogP contribution is -2.19. The number of fused-ring (bicyclic) bond motifs is 1. The van der Waals surface area contributed by atoms with Crippen molar-refractivity contribution in [1.29, 1.82) is 0 Å². The van der Waals surface area contributed by atoms with Gasteiger partial charge in [-0.05, 0) is 43.7 Å². The lowest BCUT2D eigenvalue weighted by molar-refractivity contribution is -0.117. The number of allylic oxidation sites excluding steroid dienone is 2. The predicted molar refractivity (Wildman–Crippen MR) is 120 cm³/mol. The molecule has 0 saturated heterocycles. The van der Waals surface area contributed by atoms with Crippen molar-refractivity contribution in [3.63, 3.8) is 0 Å². The first-order valence-electron chi connectivity index (χ1n) is 9.79. The molecule has 164 valence electrons. The van der Waals surface area contributed by atoms with Crippen LogP contribution < -0.4 is 4.72 Å². The molecule has 0 radical (unpaired) electrons. The molecule has 0 atom stereocenters. The van der Waals surface area contributed by atoms with Crippen LogP contribution in [0, 0.1) is 6.92 Å². The molecule has 2 aromatic carbocycles. The molecule has 0 unspecified atom stereocenters. The minimum Gasteiger partial charge on any atom is -0.504 e. The Hall–Kier alpha value is -3.85. The van der Waals surface area contributed by atoms with Crippen LogP contribution in [0.5, 0.6) is 0 Å². The van der Waals surface area contributed by atoms with Gasteiger partial charge in [0, 0.05) is 33.9 Å². The van der Waals surface area contributed by atoms with Gasteiger partial charge in [-0.25, -0.2) is 8.42 Å². The van der Waals surface area contributed by atoms with Crippen molar-refractivity contribution in [3.05, 3.63) is 76.9 Å². The van der Waals surface area contributed by atoms with Gasteiger partial charge in [-0.2, -0.15) is 0 Å². The number of benzene rings is 2. The summed E-state index contributed by atoms with van der Waals surface area (Å²) in [6.45, 7) is 3.67. The molecule has 32 heavy (non-hydrogen) atoms. The Kier molecular flexibility index (Phi) is 5.14. The van der Waals surface area contributed by atoms with E-state index in [4.69, 9.17) is 0 Å². The summed E-state index contributed by atoms with van der Waals surface area (Å²) >= 11 is 0. The van der Waals surface area contributed by atoms with E-state index in [0.29, 0.717) is 29.1 Å². The number of carbonyl (C=O) groups is 2. The SMILES string of the molecule is CCc1[nH]c2ccc(NS(=O)(=O)c3ccc(C)cc3)cc2c1C1=C(O)C(=O)C=C(O)C1=O. The van der Waals surface area contributed by atoms with Crippen LogP contribution in [0.2, 0.25) is 0 Å². The van der Waals surface area contributed by atoms with Gasteiger partial charge >= 0.3 is 0 Å². The quantitative estimate of drug-likeness (QED) is 0.436. The monoisotopic (exact) mass is 452 g/mol. The predicted octanol–water partition coefficient (Wildman–Crippen LogP) is 3.70. The van der Waals surface area contributed by atoms with Gasteiger partial charge in [0.1, 0.15) is 0 Å². The van der Waals surface area contributed by atoms with E-state index in [-0.39, 0.29) is 21.7 Å². The number of hydrogen-bond donors (Lipinski definition) is 4. The number of aliphatic hydroxyl groups is 2. The molecule has 1 aliphatic carbocycles. The zero-order valence-electron chi connectivity index (χ0n) is 17.3. The molecule has 4 rings (SSSR count). The van der Waals surface area contributed by atoms with Crippen molar-refractivity contribution in [3.8, 4) is 0 Å². The van der Waals surface area contributed by atoms with Crippen LogP contribution in [0.25, 0.3) is 16.5 Å². The summed E-state index contributed by atoms with van der Waals surface area (Å²) in [5.41, 5.74) is 2.20. The molecule has 0 saturated carbocycles. The second kappa shape index (κ2) is 7.69. The molecule has 9 heteroatoms. The fourth-order valence-corrected chi connectivity index (χ4v) is 4.69. The molecule has 0 fully saturated rings. The van der Waals surface area contributed by atoms with Gasteiger partial charge in [-0.3, -0.25) is 14.3 Å². The molecule has 3 aromatic rings. The highest BCUT2D eigenvalue weighted by molar-refractivity contribution is 7.92. The summed E-state index contributed by atoms with van der Waals surface area (Å²) in [4.78, 5) is 27.8. The van der Waals surface area contributed by atoms with Crippen molar-refractivity contribution in [2.75, 3.05) is 4.72 Å². The van der Waals surface area contributed by atoms with E-state index in [9.17, 15) is 28.2 Å². The van der Waals surface area contributed by atoms with Crippen LogP contribution in [0.15, 0.2) is 65.0 Å². The summed E-state index contributed by atoms with van der Waals surface area (Å²) in [5, 5.41) is 20.6. The van der Waals surface area contributed by atoms with E-state index >= 15 is 0 Å². The highest BCUT2D eigenvalue weighted by Crippen LogP contribution is 2.36. The Morgan fingerprint density at radius 1 is 1.03 bits per heavy atom. The Labute approximate surface area is 184 Å². The summed E-state index contributed by atoms with van der Waals surface area (Å²) in [7, 11) is -3.87. The van der Waals surface area contributed by atoms with Gasteiger partial charge in [0.25, 0.3) is 10.0 Å². The van der Waals surface area contributed by atoms with Gasteiger partial charge in [-0.15, -0.1) is 0 Å². The molecular formula is C23H20N2O6S. The average molecular weight is 452 g/mol. The van der Waals surface area contributed by atoms with E-state index < -0.39 is 33.1 Å². The first kappa shape index (κ1) is 21.4. The topological polar surface area (TPSA) is 137 Å². The van der Waals surface area contributed by atoms with Crippen LogP contribution >= 0.6 is 0 Å². The standard InChI is InChI=1S/C23H20N2O6S/c1-3-16-20(21-22(28)18(26)11-19(27)23(21)29)15-10-13(6-9-17(15)24-16)25-32(30,31)14-7-4-12(2)5-8-14/h4-11,24-26,29H,3H2,1-2H3. The summed E-state index contributed by atoms with van der Waals surface area (Å²) < 4.78 is 28.1. The molecule has 1 aromatic heterocycles. The number of nitrogens with one attached hydrogen (secondary N) is 2. The van der Waals surface area contributed by atoms with E-state index in [0.717, 1.165) is 5.56 Å². The molecule has 1 aliphatic rings. The molecule has 0 aliphatic heterocycles. The van der Waals surface area contributed by atoms with Crippen molar-refractivity contribution in [1.82, 2.24) is 4.98 Å². The largest absolute Gasteiger partial charge is 0.504 e. The smallest absolute Gasteiger partial charge is 0.261 e. The van der Waals surface area contributed by atoms with Crippen LogP contribution in [0.3, 0.4) is 0 Å². The normalized spacial score (nSPS) is 14.8. The maximum absolute atomic E-state index is 12.8. The van der Waals surface area contributed by atoms with Crippen molar-refractivity contribution in [2.24, 2.45) is 0 Å². The minimum absolute atomic E-state index is 0.0928. The number of rotatable bonds is 5. The maximum Gasteiger partial charge on any atom is 0.261 e. The van der Waals surface area contributed by atoms with Crippen LogP contribution in [0.4, 0.5) is 5.69 Å². The molecule has 1 heterocycles. The first-order chi connectivity index (χ1) is 15.1. The van der Waals surface area contributed by atoms with Gasteiger partial charge in [-0.1, -0.05) is 24.6 Å². The van der Waals surface area contributed by atoms with E-state index in [1.807, 2.05) is 13.8 Å². The van der Waals surface area contributed by atoms with Crippen molar-refractivity contribution in [2.45, 2.75) is 25.2 Å². The van der Waals surface area contributed by atoms with E-state index in [1.165, 1.54) is 18.2 Å². The number of anilines is 1. The Bertz CT molecular complexity index is 1440. The van der Waals surface area contributed by atoms with Crippen LogP contribution in [-0.4, -0.2) is 35.2 Å². The number of aryl methyl sites for hydroxylation is 2. The van der Waals surface area contributed by atoms with Gasteiger partial charge in [0.15, 0.2) is 11.5 Å². The zero-order chi connectivity index (χ0) is 23.2. The van der Waals surface area contributed by atoms with Crippen LogP contribution in [0.1, 0.15) is 23.7 Å². The van der Waals surface area contributed by atoms with Crippen molar-refractivity contribution < 1.29 is 28.2 Å². The number of carbonyl (C=O) groups excluding carboxylic acids is 2. The first-order valence-corrected chi connectivity index (χ1v) is 11.3. The Morgan fingerprint density at radius 2 is 1.72 bits per heavy atom. The molecular weight excluding hydrogens is 432 g/mol. The zero-order valence-corrected chi connectivity index (χ0v) is 18.1. The fourth-order valence-electron chi connectivity index (χ4n) is 3.64. The highest BCUT2D eigenvalue weighted by Gasteiger charge is 2.32. The van der Waals surface area contributed by atoms with Gasteiger partial charge in [0.05, 0.1) is 10.5 Å². The number of ketones is 2. The number of H-pyrrole nitrogens is 1. The molecule has 0 amide bonds. The lowest BCUT2D eigenvalue weighted by atomic mass is 9.91. The second-order valence-corrected chi connectivity index (χ2v) is 9.14. The maximum atomic E-state index is 12.8. The number of Topliss-reactive ketones (excluding diaryl/α,β-unsaturated/α-hetero) is 1. The van der Waals surface area contributed by atoms with Crippen molar-refractivity contribution >= 4 is 43.8 Å². The van der Waals surface area contributed by atoms with E-state index in [2.05, 4.69) is 9.71 Å². The molecule has 4 N–H and O–H groups in total. The number of aromatic amines is 1. The third-order valence-electron chi connectivity index (χ3n) is 5.26. The Balaban J connectivity index is 1.85. The number of aromatic nitrogens is 1. The average Bonchev–Trinajstić information content (AvgIpc) is 3.10.